The third-order valence-electron chi connectivity index (χ3n) is 3.78. The largest absolute Gasteiger partial charge is 0.393 e. The topological polar surface area (TPSA) is 40.5 Å². The highest BCUT2D eigenvalue weighted by molar-refractivity contribution is 6.30. The van der Waals surface area contributed by atoms with E-state index in [-0.39, 0.29) is 17.9 Å². The molecule has 0 radical (unpaired) electrons. The number of benzene rings is 1. The molecule has 20 heavy (non-hydrogen) atoms. The molecule has 1 aliphatic rings. The Morgan fingerprint density at radius 1 is 1.45 bits per heavy atom. The van der Waals surface area contributed by atoms with E-state index in [0.717, 1.165) is 18.5 Å². The molecule has 4 heteroatoms. The summed E-state index contributed by atoms with van der Waals surface area (Å²) in [4.78, 5) is 14.2. The Kier molecular flexibility index (Phi) is 4.84. The van der Waals surface area contributed by atoms with Crippen molar-refractivity contribution in [1.82, 2.24) is 4.90 Å². The molecule has 0 spiro atoms. The monoisotopic (exact) mass is 293 g/mol. The molecule has 1 heterocycles. The van der Waals surface area contributed by atoms with Crippen molar-refractivity contribution in [2.75, 3.05) is 13.1 Å². The van der Waals surface area contributed by atoms with Crippen molar-refractivity contribution >= 4 is 23.6 Å². The quantitative estimate of drug-likeness (QED) is 0.871. The maximum atomic E-state index is 12.3. The van der Waals surface area contributed by atoms with E-state index in [2.05, 4.69) is 0 Å². The molecular weight excluding hydrogens is 274 g/mol. The van der Waals surface area contributed by atoms with Crippen LogP contribution in [0.3, 0.4) is 0 Å². The van der Waals surface area contributed by atoms with Crippen LogP contribution in [0, 0.1) is 5.92 Å². The SMILES string of the molecule is C/C(=C\c1ccc(Cl)cc1)C(=O)N1CCC(C(C)O)C1. The van der Waals surface area contributed by atoms with Crippen molar-refractivity contribution in [2.24, 2.45) is 5.92 Å². The van der Waals surface area contributed by atoms with Gasteiger partial charge >= 0.3 is 0 Å². The Morgan fingerprint density at radius 2 is 2.10 bits per heavy atom. The van der Waals surface area contributed by atoms with E-state index in [1.165, 1.54) is 0 Å². The second kappa shape index (κ2) is 6.42. The molecule has 2 atom stereocenters. The highest BCUT2D eigenvalue weighted by atomic mass is 35.5. The first-order chi connectivity index (χ1) is 9.47. The van der Waals surface area contributed by atoms with Gasteiger partial charge in [-0.2, -0.15) is 0 Å². The Morgan fingerprint density at radius 3 is 2.65 bits per heavy atom. The van der Waals surface area contributed by atoms with Crippen molar-refractivity contribution in [3.8, 4) is 0 Å². The van der Waals surface area contributed by atoms with Gasteiger partial charge in [0, 0.05) is 29.6 Å². The maximum absolute atomic E-state index is 12.3. The van der Waals surface area contributed by atoms with Gasteiger partial charge in [0.05, 0.1) is 6.10 Å². The maximum Gasteiger partial charge on any atom is 0.249 e. The molecule has 1 aromatic rings. The Labute approximate surface area is 124 Å². The minimum Gasteiger partial charge on any atom is -0.393 e. The van der Waals surface area contributed by atoms with Crippen molar-refractivity contribution < 1.29 is 9.90 Å². The summed E-state index contributed by atoms with van der Waals surface area (Å²) in [5.74, 6) is 0.241. The zero-order valence-electron chi connectivity index (χ0n) is 11.8. The van der Waals surface area contributed by atoms with E-state index in [9.17, 15) is 9.90 Å². The molecular formula is C16H20ClNO2. The molecule has 1 aliphatic heterocycles. The number of amides is 1. The summed E-state index contributed by atoms with van der Waals surface area (Å²) in [6.07, 6.45) is 2.39. The fourth-order valence-corrected chi connectivity index (χ4v) is 2.61. The van der Waals surface area contributed by atoms with Gasteiger partial charge in [0.15, 0.2) is 0 Å². The lowest BCUT2D eigenvalue weighted by molar-refractivity contribution is -0.126. The van der Waals surface area contributed by atoms with Crippen molar-refractivity contribution in [1.29, 1.82) is 0 Å². The summed E-state index contributed by atoms with van der Waals surface area (Å²) in [6.45, 7) is 4.98. The number of halogens is 1. The van der Waals surface area contributed by atoms with Crippen LogP contribution in [0.1, 0.15) is 25.8 Å². The number of rotatable bonds is 3. The Bertz CT molecular complexity index is 508. The van der Waals surface area contributed by atoms with Crippen LogP contribution in [0.5, 0.6) is 0 Å². The van der Waals surface area contributed by atoms with Crippen molar-refractivity contribution in [2.45, 2.75) is 26.4 Å². The first-order valence-electron chi connectivity index (χ1n) is 6.88. The molecule has 1 N–H and O–H groups in total. The van der Waals surface area contributed by atoms with Gasteiger partial charge in [-0.1, -0.05) is 23.7 Å². The first kappa shape index (κ1) is 15.1. The highest BCUT2D eigenvalue weighted by Gasteiger charge is 2.29. The zero-order chi connectivity index (χ0) is 14.7. The van der Waals surface area contributed by atoms with Crippen molar-refractivity contribution in [3.63, 3.8) is 0 Å². The number of carbonyl (C=O) groups excluding carboxylic acids is 1. The van der Waals surface area contributed by atoms with Gasteiger partial charge in [-0.25, -0.2) is 0 Å². The average Bonchev–Trinajstić information content (AvgIpc) is 2.90. The van der Waals surface area contributed by atoms with Gasteiger partial charge in [-0.3, -0.25) is 4.79 Å². The summed E-state index contributed by atoms with van der Waals surface area (Å²) < 4.78 is 0. The van der Waals surface area contributed by atoms with Gasteiger partial charge < -0.3 is 10.0 Å². The molecule has 2 rings (SSSR count). The molecule has 0 aliphatic carbocycles. The van der Waals surface area contributed by atoms with Crippen LogP contribution < -0.4 is 0 Å². The molecule has 1 saturated heterocycles. The fraction of sp³-hybridized carbons (Fsp3) is 0.438. The third kappa shape index (κ3) is 3.62. The van der Waals surface area contributed by atoms with E-state index in [1.54, 1.807) is 6.92 Å². The van der Waals surface area contributed by atoms with Gasteiger partial charge in [-0.05, 0) is 44.0 Å². The summed E-state index contributed by atoms with van der Waals surface area (Å²) in [6, 6.07) is 7.40. The number of carbonyl (C=O) groups is 1. The van der Waals surface area contributed by atoms with E-state index >= 15 is 0 Å². The predicted octanol–water partition coefficient (Wildman–Crippen LogP) is 2.97. The number of likely N-dealkylation sites (tertiary alicyclic amines) is 1. The van der Waals surface area contributed by atoms with Gasteiger partial charge in [-0.15, -0.1) is 0 Å². The standard InChI is InChI=1S/C16H20ClNO2/c1-11(9-13-3-5-15(17)6-4-13)16(20)18-8-7-14(10-18)12(2)19/h3-6,9,12,14,19H,7-8,10H2,1-2H3/b11-9+. The number of hydrogen-bond acceptors (Lipinski definition) is 2. The van der Waals surface area contributed by atoms with Crippen LogP contribution in [0.15, 0.2) is 29.8 Å². The normalized spacial score (nSPS) is 21.1. The van der Waals surface area contributed by atoms with Crippen LogP contribution in [0.25, 0.3) is 6.08 Å². The van der Waals surface area contributed by atoms with Crippen LogP contribution in [0.2, 0.25) is 5.02 Å². The van der Waals surface area contributed by atoms with E-state index in [1.807, 2.05) is 42.2 Å². The third-order valence-corrected chi connectivity index (χ3v) is 4.04. The Balaban J connectivity index is 2.04. The molecule has 0 saturated carbocycles. The average molecular weight is 294 g/mol. The zero-order valence-corrected chi connectivity index (χ0v) is 12.6. The van der Waals surface area contributed by atoms with Crippen molar-refractivity contribution in [3.05, 3.63) is 40.4 Å². The molecule has 1 amide bonds. The molecule has 1 fully saturated rings. The minimum atomic E-state index is -0.353. The van der Waals surface area contributed by atoms with Crippen LogP contribution in [0.4, 0.5) is 0 Å². The highest BCUT2D eigenvalue weighted by Crippen LogP contribution is 2.22. The van der Waals surface area contributed by atoms with Gasteiger partial charge in [0.2, 0.25) is 5.91 Å². The van der Waals surface area contributed by atoms with E-state index in [4.69, 9.17) is 11.6 Å². The molecule has 108 valence electrons. The second-order valence-corrected chi connectivity index (χ2v) is 5.86. The van der Waals surface area contributed by atoms with Crippen LogP contribution in [-0.4, -0.2) is 35.1 Å². The lowest BCUT2D eigenvalue weighted by Gasteiger charge is -2.18. The van der Waals surface area contributed by atoms with Gasteiger partial charge in [0.1, 0.15) is 0 Å². The first-order valence-corrected chi connectivity index (χ1v) is 7.26. The molecule has 1 aromatic carbocycles. The summed E-state index contributed by atoms with van der Waals surface area (Å²) in [5.41, 5.74) is 1.67. The number of hydrogen-bond donors (Lipinski definition) is 1. The summed E-state index contributed by atoms with van der Waals surface area (Å²) in [7, 11) is 0. The predicted molar refractivity (Wildman–Crippen MR) is 81.5 cm³/mol. The van der Waals surface area contributed by atoms with Crippen LogP contribution in [-0.2, 0) is 4.79 Å². The van der Waals surface area contributed by atoms with E-state index in [0.29, 0.717) is 17.1 Å². The molecule has 2 unspecified atom stereocenters. The fourth-order valence-electron chi connectivity index (χ4n) is 2.49. The molecule has 0 bridgehead atoms. The lowest BCUT2D eigenvalue weighted by Crippen LogP contribution is -2.30. The van der Waals surface area contributed by atoms with Crippen LogP contribution >= 0.6 is 11.6 Å². The number of aliphatic hydroxyl groups excluding tert-OH is 1. The molecule has 3 nitrogen and oxygen atoms in total. The van der Waals surface area contributed by atoms with Gasteiger partial charge in [0.25, 0.3) is 0 Å². The second-order valence-electron chi connectivity index (χ2n) is 5.42. The number of aliphatic hydroxyl groups is 1. The lowest BCUT2D eigenvalue weighted by atomic mass is 10.0. The smallest absolute Gasteiger partial charge is 0.249 e. The molecule has 0 aromatic heterocycles. The van der Waals surface area contributed by atoms with E-state index < -0.39 is 0 Å². The summed E-state index contributed by atoms with van der Waals surface area (Å²) in [5, 5.41) is 10.3. The summed E-state index contributed by atoms with van der Waals surface area (Å²) >= 11 is 5.84. The minimum absolute atomic E-state index is 0.0445. The number of nitrogens with zero attached hydrogens (tertiary/aromatic N) is 1. The Hall–Kier alpha value is -1.32.